The van der Waals surface area contributed by atoms with Crippen LogP contribution in [0.3, 0.4) is 0 Å². The van der Waals surface area contributed by atoms with Crippen LogP contribution in [0.5, 0.6) is 0 Å². The van der Waals surface area contributed by atoms with Crippen LogP contribution in [0.4, 0.5) is 4.39 Å². The third kappa shape index (κ3) is 2.41. The SMILES string of the molecule is CNCc1ccnc(-c2ccc(F)cc2)n1. The van der Waals surface area contributed by atoms with Gasteiger partial charge >= 0.3 is 0 Å². The van der Waals surface area contributed by atoms with E-state index in [-0.39, 0.29) is 5.82 Å². The molecule has 0 amide bonds. The summed E-state index contributed by atoms with van der Waals surface area (Å²) >= 11 is 0. The Balaban J connectivity index is 2.32. The molecule has 0 aliphatic rings. The molecule has 0 unspecified atom stereocenters. The van der Waals surface area contributed by atoms with Crippen molar-refractivity contribution in [3.8, 4) is 11.4 Å². The minimum atomic E-state index is -0.255. The minimum absolute atomic E-state index is 0.255. The van der Waals surface area contributed by atoms with Crippen LogP contribution < -0.4 is 5.32 Å². The lowest BCUT2D eigenvalue weighted by Crippen LogP contribution is -2.07. The Labute approximate surface area is 93.4 Å². The summed E-state index contributed by atoms with van der Waals surface area (Å²) in [7, 11) is 1.86. The van der Waals surface area contributed by atoms with Gasteiger partial charge in [0.05, 0.1) is 5.69 Å². The van der Waals surface area contributed by atoms with E-state index in [1.54, 1.807) is 18.3 Å². The second-order valence-electron chi connectivity index (χ2n) is 3.41. The van der Waals surface area contributed by atoms with Crippen molar-refractivity contribution >= 4 is 0 Å². The van der Waals surface area contributed by atoms with Crippen LogP contribution in [0.1, 0.15) is 5.69 Å². The third-order valence-corrected chi connectivity index (χ3v) is 2.17. The van der Waals surface area contributed by atoms with Crippen LogP contribution in [0.2, 0.25) is 0 Å². The van der Waals surface area contributed by atoms with Gasteiger partial charge in [0.15, 0.2) is 5.82 Å². The lowest BCUT2D eigenvalue weighted by atomic mass is 10.2. The average Bonchev–Trinajstić information content (AvgIpc) is 2.31. The quantitative estimate of drug-likeness (QED) is 0.854. The molecule has 2 aromatic rings. The number of nitrogens with one attached hydrogen (secondary N) is 1. The third-order valence-electron chi connectivity index (χ3n) is 2.17. The van der Waals surface area contributed by atoms with Crippen molar-refractivity contribution in [2.75, 3.05) is 7.05 Å². The lowest BCUT2D eigenvalue weighted by Gasteiger charge is -2.03. The van der Waals surface area contributed by atoms with E-state index in [1.165, 1.54) is 12.1 Å². The van der Waals surface area contributed by atoms with Gasteiger partial charge in [-0.3, -0.25) is 0 Å². The molecule has 0 fully saturated rings. The molecule has 3 nitrogen and oxygen atoms in total. The highest BCUT2D eigenvalue weighted by Crippen LogP contribution is 2.14. The van der Waals surface area contributed by atoms with Gasteiger partial charge in [0, 0.05) is 18.3 Å². The van der Waals surface area contributed by atoms with E-state index in [1.807, 2.05) is 13.1 Å². The molecule has 0 aliphatic heterocycles. The number of benzene rings is 1. The summed E-state index contributed by atoms with van der Waals surface area (Å²) in [5.41, 5.74) is 1.73. The van der Waals surface area contributed by atoms with Gasteiger partial charge in [0.25, 0.3) is 0 Å². The summed E-state index contributed by atoms with van der Waals surface area (Å²) in [6.45, 7) is 0.691. The standard InChI is InChI=1S/C12H12FN3/c1-14-8-11-6-7-15-12(16-11)9-2-4-10(13)5-3-9/h2-7,14H,8H2,1H3. The summed E-state index contributed by atoms with van der Waals surface area (Å²) in [6, 6.07) is 8.01. The van der Waals surface area contributed by atoms with Gasteiger partial charge < -0.3 is 5.32 Å². The summed E-state index contributed by atoms with van der Waals surface area (Å²) < 4.78 is 12.8. The highest BCUT2D eigenvalue weighted by atomic mass is 19.1. The zero-order chi connectivity index (χ0) is 11.4. The Kier molecular flexibility index (Phi) is 3.22. The largest absolute Gasteiger partial charge is 0.314 e. The van der Waals surface area contributed by atoms with Crippen LogP contribution >= 0.6 is 0 Å². The van der Waals surface area contributed by atoms with Crippen molar-refractivity contribution in [1.29, 1.82) is 0 Å². The number of aromatic nitrogens is 2. The van der Waals surface area contributed by atoms with Crippen LogP contribution in [-0.2, 0) is 6.54 Å². The van der Waals surface area contributed by atoms with Gasteiger partial charge in [-0.05, 0) is 37.4 Å². The molecule has 0 spiro atoms. The maximum absolute atomic E-state index is 12.8. The average molecular weight is 217 g/mol. The van der Waals surface area contributed by atoms with Crippen LogP contribution in [0, 0.1) is 5.82 Å². The molecule has 0 radical (unpaired) electrons. The van der Waals surface area contributed by atoms with E-state index in [0.29, 0.717) is 12.4 Å². The van der Waals surface area contributed by atoms with Crippen molar-refractivity contribution in [3.05, 3.63) is 48.0 Å². The molecule has 2 rings (SSSR count). The van der Waals surface area contributed by atoms with Gasteiger partial charge in [-0.25, -0.2) is 14.4 Å². The smallest absolute Gasteiger partial charge is 0.159 e. The van der Waals surface area contributed by atoms with Crippen LogP contribution in [-0.4, -0.2) is 17.0 Å². The molecule has 1 N–H and O–H groups in total. The van der Waals surface area contributed by atoms with Gasteiger partial charge in [0.2, 0.25) is 0 Å². The molecule has 0 bridgehead atoms. The first-order chi connectivity index (χ1) is 7.79. The molecule has 0 saturated heterocycles. The van der Waals surface area contributed by atoms with Crippen molar-refractivity contribution in [3.63, 3.8) is 0 Å². The fraction of sp³-hybridized carbons (Fsp3) is 0.167. The van der Waals surface area contributed by atoms with E-state index in [2.05, 4.69) is 15.3 Å². The van der Waals surface area contributed by atoms with Crippen LogP contribution in [0.25, 0.3) is 11.4 Å². The van der Waals surface area contributed by atoms with Crippen LogP contribution in [0.15, 0.2) is 36.5 Å². The van der Waals surface area contributed by atoms with Crippen molar-refractivity contribution in [2.45, 2.75) is 6.54 Å². The lowest BCUT2D eigenvalue weighted by molar-refractivity contribution is 0.628. The summed E-state index contributed by atoms with van der Waals surface area (Å²) in [5, 5.41) is 3.02. The summed E-state index contributed by atoms with van der Waals surface area (Å²) in [6.07, 6.45) is 1.71. The van der Waals surface area contributed by atoms with Crippen molar-refractivity contribution < 1.29 is 4.39 Å². The van der Waals surface area contributed by atoms with Gasteiger partial charge in [-0.15, -0.1) is 0 Å². The van der Waals surface area contributed by atoms with E-state index in [4.69, 9.17) is 0 Å². The Morgan fingerprint density at radius 3 is 2.62 bits per heavy atom. The predicted octanol–water partition coefficient (Wildman–Crippen LogP) is 2.00. The highest BCUT2D eigenvalue weighted by Gasteiger charge is 2.02. The molecular weight excluding hydrogens is 205 g/mol. The number of hydrogen-bond donors (Lipinski definition) is 1. The monoisotopic (exact) mass is 217 g/mol. The molecule has 1 aromatic carbocycles. The fourth-order valence-electron chi connectivity index (χ4n) is 1.41. The second-order valence-corrected chi connectivity index (χ2v) is 3.41. The van der Waals surface area contributed by atoms with E-state index >= 15 is 0 Å². The predicted molar refractivity (Wildman–Crippen MR) is 60.2 cm³/mol. The zero-order valence-corrected chi connectivity index (χ0v) is 8.94. The number of nitrogens with zero attached hydrogens (tertiary/aromatic N) is 2. The Morgan fingerprint density at radius 1 is 1.19 bits per heavy atom. The molecule has 1 aromatic heterocycles. The maximum Gasteiger partial charge on any atom is 0.159 e. The van der Waals surface area contributed by atoms with Gasteiger partial charge in [-0.2, -0.15) is 0 Å². The topological polar surface area (TPSA) is 37.8 Å². The molecule has 0 saturated carbocycles. The molecule has 4 heteroatoms. The zero-order valence-electron chi connectivity index (χ0n) is 8.94. The van der Waals surface area contributed by atoms with E-state index in [9.17, 15) is 4.39 Å². The molecule has 16 heavy (non-hydrogen) atoms. The molecule has 0 aliphatic carbocycles. The summed E-state index contributed by atoms with van der Waals surface area (Å²) in [5.74, 6) is 0.364. The first-order valence-corrected chi connectivity index (χ1v) is 5.02. The molecular formula is C12H12FN3. The Bertz CT molecular complexity index is 468. The van der Waals surface area contributed by atoms with Gasteiger partial charge in [-0.1, -0.05) is 0 Å². The first kappa shape index (κ1) is 10.7. The highest BCUT2D eigenvalue weighted by molar-refractivity contribution is 5.54. The number of halogens is 1. The molecule has 0 atom stereocenters. The number of rotatable bonds is 3. The first-order valence-electron chi connectivity index (χ1n) is 5.02. The van der Waals surface area contributed by atoms with Crippen molar-refractivity contribution in [1.82, 2.24) is 15.3 Å². The molecule has 1 heterocycles. The Hall–Kier alpha value is -1.81. The van der Waals surface area contributed by atoms with Gasteiger partial charge in [0.1, 0.15) is 5.82 Å². The second kappa shape index (κ2) is 4.81. The van der Waals surface area contributed by atoms with Crippen molar-refractivity contribution in [2.24, 2.45) is 0 Å². The number of hydrogen-bond acceptors (Lipinski definition) is 3. The summed E-state index contributed by atoms with van der Waals surface area (Å²) in [4.78, 5) is 8.53. The van der Waals surface area contributed by atoms with E-state index in [0.717, 1.165) is 11.3 Å². The fourth-order valence-corrected chi connectivity index (χ4v) is 1.41. The Morgan fingerprint density at radius 2 is 1.94 bits per heavy atom. The minimum Gasteiger partial charge on any atom is -0.314 e. The normalized spacial score (nSPS) is 10.4. The molecule has 82 valence electrons. The maximum atomic E-state index is 12.8. The van der Waals surface area contributed by atoms with E-state index < -0.39 is 0 Å².